The van der Waals surface area contributed by atoms with Gasteiger partial charge >= 0.3 is 0 Å². The van der Waals surface area contributed by atoms with Crippen molar-refractivity contribution >= 4 is 5.91 Å². The van der Waals surface area contributed by atoms with Crippen LogP contribution in [0, 0.1) is 11.2 Å². The number of piperidine rings is 1. The van der Waals surface area contributed by atoms with Crippen molar-refractivity contribution in [3.63, 3.8) is 0 Å². The molecule has 0 N–H and O–H groups in total. The summed E-state index contributed by atoms with van der Waals surface area (Å²) >= 11 is 0. The number of rotatable bonds is 3. The zero-order chi connectivity index (χ0) is 15.6. The minimum absolute atomic E-state index is 0.162. The molecular weight excluding hydrogens is 285 g/mol. The number of halogens is 1. The van der Waals surface area contributed by atoms with Crippen LogP contribution in [0.25, 0.3) is 0 Å². The van der Waals surface area contributed by atoms with Crippen LogP contribution in [-0.2, 0) is 9.47 Å². The lowest BCUT2D eigenvalue weighted by atomic mass is 9.76. The average molecular weight is 307 g/mol. The molecule has 2 aliphatic heterocycles. The van der Waals surface area contributed by atoms with E-state index in [1.807, 2.05) is 0 Å². The number of methoxy groups -OCH3 is 1. The highest BCUT2D eigenvalue weighted by atomic mass is 19.1. The van der Waals surface area contributed by atoms with E-state index in [4.69, 9.17) is 9.47 Å². The van der Waals surface area contributed by atoms with Gasteiger partial charge in [0.25, 0.3) is 5.91 Å². The Morgan fingerprint density at radius 1 is 1.41 bits per heavy atom. The monoisotopic (exact) mass is 307 g/mol. The van der Waals surface area contributed by atoms with E-state index in [0.29, 0.717) is 19.7 Å². The van der Waals surface area contributed by atoms with E-state index in [0.717, 1.165) is 25.9 Å². The summed E-state index contributed by atoms with van der Waals surface area (Å²) in [6.45, 7) is 2.69. The SMILES string of the molecule is COC[C@H]1CC2(CCN(C(=O)c3ccccc3F)CC2)CO1. The zero-order valence-corrected chi connectivity index (χ0v) is 12.9. The smallest absolute Gasteiger partial charge is 0.256 e. The van der Waals surface area contributed by atoms with Crippen LogP contribution in [0.2, 0.25) is 0 Å². The van der Waals surface area contributed by atoms with Crippen LogP contribution in [0.5, 0.6) is 0 Å². The molecule has 0 aromatic heterocycles. The van der Waals surface area contributed by atoms with Crippen LogP contribution in [0.15, 0.2) is 24.3 Å². The van der Waals surface area contributed by atoms with Gasteiger partial charge in [0.05, 0.1) is 24.9 Å². The summed E-state index contributed by atoms with van der Waals surface area (Å²) in [4.78, 5) is 14.2. The summed E-state index contributed by atoms with van der Waals surface area (Å²) in [6, 6.07) is 6.18. The van der Waals surface area contributed by atoms with Crippen molar-refractivity contribution in [1.82, 2.24) is 4.90 Å². The number of benzene rings is 1. The molecule has 0 unspecified atom stereocenters. The normalized spacial score (nSPS) is 23.9. The van der Waals surface area contributed by atoms with Crippen LogP contribution >= 0.6 is 0 Å². The van der Waals surface area contributed by atoms with Gasteiger partial charge in [0.1, 0.15) is 5.82 Å². The lowest BCUT2D eigenvalue weighted by molar-refractivity contribution is 0.0280. The van der Waals surface area contributed by atoms with Gasteiger partial charge in [0.2, 0.25) is 0 Å². The summed E-state index contributed by atoms with van der Waals surface area (Å²) in [7, 11) is 1.68. The number of amides is 1. The lowest BCUT2D eigenvalue weighted by Gasteiger charge is -2.38. The third-order valence-electron chi connectivity index (χ3n) is 4.85. The van der Waals surface area contributed by atoms with Crippen molar-refractivity contribution in [2.24, 2.45) is 5.41 Å². The molecule has 0 aliphatic carbocycles. The number of ether oxygens (including phenoxy) is 2. The number of hydrogen-bond acceptors (Lipinski definition) is 3. The molecule has 0 saturated carbocycles. The van der Waals surface area contributed by atoms with E-state index >= 15 is 0 Å². The highest BCUT2D eigenvalue weighted by Crippen LogP contribution is 2.42. The molecule has 1 aromatic rings. The first-order chi connectivity index (χ1) is 10.6. The van der Waals surface area contributed by atoms with Gasteiger partial charge in [0.15, 0.2) is 0 Å². The third kappa shape index (κ3) is 3.01. The summed E-state index contributed by atoms with van der Waals surface area (Å²) < 4.78 is 24.7. The molecule has 2 aliphatic rings. The van der Waals surface area contributed by atoms with Crippen molar-refractivity contribution in [2.45, 2.75) is 25.4 Å². The van der Waals surface area contributed by atoms with Crippen molar-refractivity contribution in [3.05, 3.63) is 35.6 Å². The number of carbonyl (C=O) groups excluding carboxylic acids is 1. The first-order valence-corrected chi connectivity index (χ1v) is 7.78. The van der Waals surface area contributed by atoms with Gasteiger partial charge in [-0.25, -0.2) is 4.39 Å². The number of likely N-dealkylation sites (tertiary alicyclic amines) is 1. The Bertz CT molecular complexity index is 540. The van der Waals surface area contributed by atoms with E-state index in [1.165, 1.54) is 6.07 Å². The van der Waals surface area contributed by atoms with Crippen LogP contribution < -0.4 is 0 Å². The van der Waals surface area contributed by atoms with Gasteiger partial charge in [-0.05, 0) is 36.8 Å². The molecule has 120 valence electrons. The molecule has 5 heteroatoms. The summed E-state index contributed by atoms with van der Waals surface area (Å²) in [5.41, 5.74) is 0.327. The van der Waals surface area contributed by atoms with Crippen molar-refractivity contribution in [1.29, 1.82) is 0 Å². The highest BCUT2D eigenvalue weighted by Gasteiger charge is 2.43. The fraction of sp³-hybridized carbons (Fsp3) is 0.588. The molecule has 2 fully saturated rings. The average Bonchev–Trinajstić information content (AvgIpc) is 2.91. The summed E-state index contributed by atoms with van der Waals surface area (Å²) in [6.07, 6.45) is 2.97. The van der Waals surface area contributed by atoms with E-state index in [2.05, 4.69) is 0 Å². The van der Waals surface area contributed by atoms with Gasteiger partial charge in [0, 0.05) is 20.2 Å². The second-order valence-corrected chi connectivity index (χ2v) is 6.36. The number of nitrogens with zero attached hydrogens (tertiary/aromatic N) is 1. The Morgan fingerprint density at radius 3 is 2.82 bits per heavy atom. The van der Waals surface area contributed by atoms with Crippen molar-refractivity contribution in [2.75, 3.05) is 33.4 Å². The molecule has 4 nitrogen and oxygen atoms in total. The fourth-order valence-corrected chi connectivity index (χ4v) is 3.53. The molecule has 22 heavy (non-hydrogen) atoms. The van der Waals surface area contributed by atoms with Gasteiger partial charge in [-0.3, -0.25) is 4.79 Å². The highest BCUT2D eigenvalue weighted by molar-refractivity contribution is 5.94. The van der Waals surface area contributed by atoms with Crippen molar-refractivity contribution < 1.29 is 18.7 Å². The summed E-state index contributed by atoms with van der Waals surface area (Å²) in [5.74, 6) is -0.655. The van der Waals surface area contributed by atoms with Crippen LogP contribution in [-0.4, -0.2) is 50.3 Å². The Labute approximate surface area is 130 Å². The Balaban J connectivity index is 1.60. The largest absolute Gasteiger partial charge is 0.382 e. The maximum absolute atomic E-state index is 13.7. The number of hydrogen-bond donors (Lipinski definition) is 0. The van der Waals surface area contributed by atoms with Crippen LogP contribution in [0.3, 0.4) is 0 Å². The molecule has 1 atom stereocenters. The zero-order valence-electron chi connectivity index (χ0n) is 12.9. The lowest BCUT2D eigenvalue weighted by Crippen LogP contribution is -2.43. The maximum Gasteiger partial charge on any atom is 0.256 e. The standard InChI is InChI=1S/C17H22FNO3/c1-21-11-13-10-17(12-22-13)6-8-19(9-7-17)16(20)14-4-2-3-5-15(14)18/h2-5,13H,6-12H2,1H3/t13-/m1/s1. The minimum Gasteiger partial charge on any atom is -0.382 e. The first-order valence-electron chi connectivity index (χ1n) is 7.78. The fourth-order valence-electron chi connectivity index (χ4n) is 3.53. The van der Waals surface area contributed by atoms with Gasteiger partial charge in [-0.15, -0.1) is 0 Å². The van der Waals surface area contributed by atoms with Crippen LogP contribution in [0.1, 0.15) is 29.6 Å². The molecule has 3 rings (SSSR count). The van der Waals surface area contributed by atoms with E-state index in [-0.39, 0.29) is 23.0 Å². The molecule has 0 bridgehead atoms. The van der Waals surface area contributed by atoms with Gasteiger partial charge < -0.3 is 14.4 Å². The van der Waals surface area contributed by atoms with Gasteiger partial charge in [-0.1, -0.05) is 12.1 Å². The number of carbonyl (C=O) groups is 1. The Kier molecular flexibility index (Phi) is 4.45. The van der Waals surface area contributed by atoms with Crippen LogP contribution in [0.4, 0.5) is 4.39 Å². The Morgan fingerprint density at radius 2 is 2.14 bits per heavy atom. The molecule has 1 spiro atoms. The second-order valence-electron chi connectivity index (χ2n) is 6.36. The first kappa shape index (κ1) is 15.4. The summed E-state index contributed by atoms with van der Waals surface area (Å²) in [5, 5.41) is 0. The van der Waals surface area contributed by atoms with Crippen molar-refractivity contribution in [3.8, 4) is 0 Å². The predicted octanol–water partition coefficient (Wildman–Crippen LogP) is 2.48. The molecule has 2 heterocycles. The van der Waals surface area contributed by atoms with Gasteiger partial charge in [-0.2, -0.15) is 0 Å². The molecular formula is C17H22FNO3. The third-order valence-corrected chi connectivity index (χ3v) is 4.85. The molecule has 1 amide bonds. The Hall–Kier alpha value is -1.46. The quantitative estimate of drug-likeness (QED) is 0.861. The molecule has 1 aromatic carbocycles. The molecule has 0 radical (unpaired) electrons. The van der Waals surface area contributed by atoms with E-state index in [9.17, 15) is 9.18 Å². The minimum atomic E-state index is -0.447. The molecule has 2 saturated heterocycles. The predicted molar refractivity (Wildman–Crippen MR) is 80.2 cm³/mol. The maximum atomic E-state index is 13.7. The second kappa shape index (κ2) is 6.34. The van der Waals surface area contributed by atoms with E-state index in [1.54, 1.807) is 30.2 Å². The van der Waals surface area contributed by atoms with E-state index < -0.39 is 5.82 Å². The topological polar surface area (TPSA) is 38.8 Å².